The average Bonchev–Trinajstić information content (AvgIpc) is 2.81. The number of aliphatic hydroxyl groups is 1. The minimum absolute atomic E-state index is 0.0168. The second-order valence-corrected chi connectivity index (χ2v) is 6.03. The largest absolute Gasteiger partial charge is 0.396 e. The van der Waals surface area contributed by atoms with Gasteiger partial charge in [-0.05, 0) is 25.0 Å². The smallest absolute Gasteiger partial charge is 0.395 e. The van der Waals surface area contributed by atoms with E-state index in [1.807, 2.05) is 31.2 Å². The number of aromatic nitrogens is 1. The first-order valence-electron chi connectivity index (χ1n) is 7.40. The third-order valence-corrected chi connectivity index (χ3v) is 4.52. The molecule has 0 bridgehead atoms. The Morgan fingerprint density at radius 1 is 1.36 bits per heavy atom. The van der Waals surface area contributed by atoms with Crippen molar-refractivity contribution in [1.82, 2.24) is 9.88 Å². The number of hydrogen-bond donors (Lipinski definition) is 2. The number of aliphatic hydroxyl groups excluding tert-OH is 1. The maximum atomic E-state index is 12.9. The summed E-state index contributed by atoms with van der Waals surface area (Å²) >= 11 is 0. The van der Waals surface area contributed by atoms with Gasteiger partial charge in [0, 0.05) is 35.7 Å². The molecule has 0 aliphatic carbocycles. The van der Waals surface area contributed by atoms with Crippen molar-refractivity contribution in [1.29, 1.82) is 0 Å². The molecule has 120 valence electrons. The summed E-state index contributed by atoms with van der Waals surface area (Å²) in [5.41, 5.74) is 3.21. The molecule has 2 heterocycles. The van der Waals surface area contributed by atoms with Crippen molar-refractivity contribution in [3.63, 3.8) is 0 Å². The van der Waals surface area contributed by atoms with Crippen molar-refractivity contribution < 1.29 is 18.3 Å². The standard InChI is InChI=1S/C16H19F3N2O/c1-10-6-13-12-4-2-3-5-14(12)20-15(13)8-21(10)7-11(9-22)16(17,18)19/h2-5,10-11,20,22H,6-9H2,1H3/t10-,11+/m1/s1. The molecule has 0 fully saturated rings. The SMILES string of the molecule is C[C@@H]1Cc2c([nH]c3ccccc23)CN1C[C@@H](CO)C(F)(F)F. The van der Waals surface area contributed by atoms with Crippen LogP contribution in [0.1, 0.15) is 18.2 Å². The maximum Gasteiger partial charge on any atom is 0.395 e. The predicted molar refractivity (Wildman–Crippen MR) is 78.5 cm³/mol. The van der Waals surface area contributed by atoms with Crippen molar-refractivity contribution in [3.05, 3.63) is 35.5 Å². The first-order chi connectivity index (χ1) is 10.4. The number of fused-ring (bicyclic) bond motifs is 3. The number of H-pyrrole nitrogens is 1. The number of aromatic amines is 1. The summed E-state index contributed by atoms with van der Waals surface area (Å²) in [4.78, 5) is 5.11. The number of nitrogens with one attached hydrogen (secondary N) is 1. The van der Waals surface area contributed by atoms with Gasteiger partial charge in [0.1, 0.15) is 0 Å². The van der Waals surface area contributed by atoms with Crippen molar-refractivity contribution >= 4 is 10.9 Å². The third-order valence-electron chi connectivity index (χ3n) is 4.52. The Hall–Kier alpha value is -1.53. The minimum atomic E-state index is -4.37. The van der Waals surface area contributed by atoms with Gasteiger partial charge in [0.25, 0.3) is 0 Å². The van der Waals surface area contributed by atoms with Crippen molar-refractivity contribution in [2.45, 2.75) is 32.1 Å². The number of rotatable bonds is 3. The molecule has 2 aromatic rings. The maximum absolute atomic E-state index is 12.9. The van der Waals surface area contributed by atoms with Crippen LogP contribution in [0, 0.1) is 5.92 Å². The highest BCUT2D eigenvalue weighted by atomic mass is 19.4. The number of alkyl halides is 3. The molecule has 0 radical (unpaired) electrons. The summed E-state index contributed by atoms with van der Waals surface area (Å²) in [6.07, 6.45) is -3.65. The van der Waals surface area contributed by atoms with Crippen LogP contribution in [0.4, 0.5) is 13.2 Å². The molecular weight excluding hydrogens is 293 g/mol. The van der Waals surface area contributed by atoms with Gasteiger partial charge in [-0.15, -0.1) is 0 Å². The number of hydrogen-bond acceptors (Lipinski definition) is 2. The van der Waals surface area contributed by atoms with Crippen LogP contribution in [-0.2, 0) is 13.0 Å². The van der Waals surface area contributed by atoms with E-state index in [0.717, 1.165) is 23.0 Å². The molecular formula is C16H19F3N2O. The highest BCUT2D eigenvalue weighted by Gasteiger charge is 2.41. The summed E-state index contributed by atoms with van der Waals surface area (Å²) in [6.45, 7) is 1.36. The van der Waals surface area contributed by atoms with Crippen LogP contribution < -0.4 is 0 Å². The summed E-state index contributed by atoms with van der Waals surface area (Å²) in [5.74, 6) is -1.69. The molecule has 22 heavy (non-hydrogen) atoms. The molecule has 1 aromatic carbocycles. The molecule has 1 aliphatic rings. The molecule has 2 N–H and O–H groups in total. The number of halogens is 3. The van der Waals surface area contributed by atoms with E-state index in [-0.39, 0.29) is 12.6 Å². The Kier molecular flexibility index (Phi) is 3.91. The van der Waals surface area contributed by atoms with Gasteiger partial charge in [-0.2, -0.15) is 13.2 Å². The van der Waals surface area contributed by atoms with Crippen molar-refractivity contribution in [3.8, 4) is 0 Å². The van der Waals surface area contributed by atoms with Crippen LogP contribution >= 0.6 is 0 Å². The molecule has 3 nitrogen and oxygen atoms in total. The topological polar surface area (TPSA) is 39.3 Å². The molecule has 3 rings (SSSR count). The summed E-state index contributed by atoms with van der Waals surface area (Å²) in [5, 5.41) is 10.2. The van der Waals surface area contributed by atoms with E-state index >= 15 is 0 Å². The quantitative estimate of drug-likeness (QED) is 0.914. The van der Waals surface area contributed by atoms with Crippen LogP contribution in [0.25, 0.3) is 10.9 Å². The molecule has 0 unspecified atom stereocenters. The first-order valence-corrected chi connectivity index (χ1v) is 7.40. The second kappa shape index (κ2) is 5.59. The predicted octanol–water partition coefficient (Wildman–Crippen LogP) is 3.09. The van der Waals surface area contributed by atoms with E-state index in [1.165, 1.54) is 5.56 Å². The zero-order valence-corrected chi connectivity index (χ0v) is 12.3. The Morgan fingerprint density at radius 3 is 2.77 bits per heavy atom. The minimum Gasteiger partial charge on any atom is -0.396 e. The van der Waals surface area contributed by atoms with Gasteiger partial charge < -0.3 is 10.1 Å². The fourth-order valence-electron chi connectivity index (χ4n) is 3.20. The van der Waals surface area contributed by atoms with Gasteiger partial charge in [0.05, 0.1) is 12.5 Å². The molecule has 6 heteroatoms. The zero-order chi connectivity index (χ0) is 15.9. The van der Waals surface area contributed by atoms with E-state index in [4.69, 9.17) is 5.11 Å². The number of benzene rings is 1. The van der Waals surface area contributed by atoms with Crippen molar-refractivity contribution in [2.75, 3.05) is 13.2 Å². The monoisotopic (exact) mass is 312 g/mol. The lowest BCUT2D eigenvalue weighted by molar-refractivity contribution is -0.190. The van der Waals surface area contributed by atoms with Crippen LogP contribution in [-0.4, -0.2) is 40.4 Å². The van der Waals surface area contributed by atoms with Gasteiger partial charge in [0.2, 0.25) is 0 Å². The molecule has 0 amide bonds. The highest BCUT2D eigenvalue weighted by molar-refractivity contribution is 5.84. The summed E-state index contributed by atoms with van der Waals surface area (Å²) < 4.78 is 38.6. The molecule has 1 aromatic heterocycles. The van der Waals surface area contributed by atoms with Crippen LogP contribution in [0.2, 0.25) is 0 Å². The normalized spacial score (nSPS) is 21.0. The molecule has 0 spiro atoms. The van der Waals surface area contributed by atoms with Crippen LogP contribution in [0.15, 0.2) is 24.3 Å². The molecule has 1 aliphatic heterocycles. The van der Waals surface area contributed by atoms with E-state index in [1.54, 1.807) is 4.90 Å². The van der Waals surface area contributed by atoms with Gasteiger partial charge in [-0.1, -0.05) is 18.2 Å². The molecule has 0 saturated carbocycles. The van der Waals surface area contributed by atoms with E-state index < -0.39 is 18.7 Å². The van der Waals surface area contributed by atoms with Crippen LogP contribution in [0.3, 0.4) is 0 Å². The summed E-state index contributed by atoms with van der Waals surface area (Å²) in [7, 11) is 0. The molecule has 2 atom stereocenters. The number of para-hydroxylation sites is 1. The Morgan fingerprint density at radius 2 is 2.09 bits per heavy atom. The van der Waals surface area contributed by atoms with E-state index in [0.29, 0.717) is 6.54 Å². The van der Waals surface area contributed by atoms with Gasteiger partial charge in [-0.25, -0.2) is 0 Å². The third kappa shape index (κ3) is 2.73. The van der Waals surface area contributed by atoms with E-state index in [2.05, 4.69) is 4.98 Å². The Bertz CT molecular complexity index is 665. The molecule has 0 saturated heterocycles. The highest BCUT2D eigenvalue weighted by Crippen LogP contribution is 2.33. The first kappa shape index (κ1) is 15.4. The van der Waals surface area contributed by atoms with Gasteiger partial charge in [0.15, 0.2) is 0 Å². The lowest BCUT2D eigenvalue weighted by atomic mass is 9.96. The second-order valence-electron chi connectivity index (χ2n) is 6.03. The average molecular weight is 312 g/mol. The fourth-order valence-corrected chi connectivity index (χ4v) is 3.20. The summed E-state index contributed by atoms with van der Waals surface area (Å²) in [6, 6.07) is 7.95. The fraction of sp³-hybridized carbons (Fsp3) is 0.500. The Labute approximate surface area is 126 Å². The van der Waals surface area contributed by atoms with Gasteiger partial charge >= 0.3 is 6.18 Å². The zero-order valence-electron chi connectivity index (χ0n) is 12.3. The van der Waals surface area contributed by atoms with Gasteiger partial charge in [-0.3, -0.25) is 4.90 Å². The number of nitrogens with zero attached hydrogens (tertiary/aromatic N) is 1. The van der Waals surface area contributed by atoms with Crippen molar-refractivity contribution in [2.24, 2.45) is 5.92 Å². The lowest BCUT2D eigenvalue weighted by Gasteiger charge is -2.36. The lowest BCUT2D eigenvalue weighted by Crippen LogP contribution is -2.45. The van der Waals surface area contributed by atoms with E-state index in [9.17, 15) is 13.2 Å². The van der Waals surface area contributed by atoms with Crippen LogP contribution in [0.5, 0.6) is 0 Å². The Balaban J connectivity index is 1.85.